The number of anilines is 4. The molecule has 9 heteroatoms. The maximum Gasteiger partial charge on any atom is 0.416 e. The maximum absolute atomic E-state index is 12.5. The Morgan fingerprint density at radius 3 is 2.18 bits per heavy atom. The summed E-state index contributed by atoms with van der Waals surface area (Å²) < 4.78 is 37.5. The summed E-state index contributed by atoms with van der Waals surface area (Å²) in [5, 5.41) is 4.52. The third-order valence-electron chi connectivity index (χ3n) is 2.69. The first-order valence-electron chi connectivity index (χ1n) is 6.26. The highest BCUT2D eigenvalue weighted by molar-refractivity contribution is 5.77. The zero-order valence-corrected chi connectivity index (χ0v) is 11.9. The molecule has 0 atom stereocenters. The van der Waals surface area contributed by atoms with E-state index in [1.807, 2.05) is 0 Å². The van der Waals surface area contributed by atoms with Crippen LogP contribution in [0.25, 0.3) is 0 Å². The van der Waals surface area contributed by atoms with Gasteiger partial charge in [-0.25, -0.2) is 15.0 Å². The van der Waals surface area contributed by atoms with Gasteiger partial charge in [0.1, 0.15) is 12.0 Å². The van der Waals surface area contributed by atoms with Gasteiger partial charge in [0.2, 0.25) is 0 Å². The monoisotopic (exact) mass is 312 g/mol. The fourth-order valence-corrected chi connectivity index (χ4v) is 1.68. The van der Waals surface area contributed by atoms with Gasteiger partial charge >= 0.3 is 6.18 Å². The fourth-order valence-electron chi connectivity index (χ4n) is 1.68. The summed E-state index contributed by atoms with van der Waals surface area (Å²) in [6, 6.07) is 4.59. The topological polar surface area (TPSA) is 79.1 Å². The predicted octanol–water partition coefficient (Wildman–Crippen LogP) is 2.71. The second-order valence-corrected chi connectivity index (χ2v) is 4.69. The van der Waals surface area contributed by atoms with Crippen molar-refractivity contribution < 1.29 is 13.2 Å². The summed E-state index contributed by atoms with van der Waals surface area (Å²) in [7, 11) is 3.54. The van der Waals surface area contributed by atoms with Gasteiger partial charge in [-0.15, -0.1) is 0 Å². The third kappa shape index (κ3) is 3.76. The Kier molecular flexibility index (Phi) is 4.36. The number of rotatable bonds is 4. The molecular weight excluding hydrogens is 297 g/mol. The van der Waals surface area contributed by atoms with Crippen molar-refractivity contribution in [3.05, 3.63) is 36.2 Å². The van der Waals surface area contributed by atoms with Gasteiger partial charge in [-0.1, -0.05) is 0 Å². The summed E-state index contributed by atoms with van der Waals surface area (Å²) in [4.78, 5) is 7.97. The number of nitrogen functional groups attached to an aromatic ring is 1. The lowest BCUT2D eigenvalue weighted by Crippen LogP contribution is -2.21. The second-order valence-electron chi connectivity index (χ2n) is 4.69. The number of hydrogen-bond donors (Lipinski definition) is 3. The highest BCUT2D eigenvalue weighted by atomic mass is 19.4. The molecule has 2 rings (SSSR count). The van der Waals surface area contributed by atoms with Crippen molar-refractivity contribution in [2.75, 3.05) is 30.6 Å². The molecule has 2 aromatic rings. The third-order valence-corrected chi connectivity index (χ3v) is 2.69. The van der Waals surface area contributed by atoms with E-state index in [0.29, 0.717) is 17.3 Å². The van der Waals surface area contributed by atoms with Crippen LogP contribution in [0.15, 0.2) is 30.6 Å². The van der Waals surface area contributed by atoms with Crippen molar-refractivity contribution in [2.24, 2.45) is 0 Å². The van der Waals surface area contributed by atoms with Crippen molar-refractivity contribution in [1.29, 1.82) is 0 Å². The van der Waals surface area contributed by atoms with Gasteiger partial charge in [0.25, 0.3) is 0 Å². The molecule has 4 N–H and O–H groups in total. The molecule has 0 fully saturated rings. The summed E-state index contributed by atoms with van der Waals surface area (Å²) in [5.74, 6) is 0.702. The summed E-state index contributed by atoms with van der Waals surface area (Å²) >= 11 is 0. The molecule has 0 saturated carbocycles. The Morgan fingerprint density at radius 1 is 1.05 bits per heavy atom. The first kappa shape index (κ1) is 15.8. The number of nitrogens with one attached hydrogen (secondary N) is 2. The van der Waals surface area contributed by atoms with Gasteiger partial charge in [0.05, 0.1) is 5.56 Å². The zero-order valence-electron chi connectivity index (χ0n) is 11.9. The summed E-state index contributed by atoms with van der Waals surface area (Å²) in [6.07, 6.45) is -3.07. The predicted molar refractivity (Wildman–Crippen MR) is 78.5 cm³/mol. The van der Waals surface area contributed by atoms with Crippen LogP contribution in [0.5, 0.6) is 0 Å². The van der Waals surface area contributed by atoms with Crippen LogP contribution in [0.4, 0.5) is 36.2 Å². The molecular formula is C13H15F3N6. The van der Waals surface area contributed by atoms with Crippen LogP contribution in [-0.4, -0.2) is 29.1 Å². The Hall–Kier alpha value is -2.55. The standard InChI is InChI=1S/C13H15F3N6/c1-22(2)21-12-10(17)11(18-7-19-12)20-9-5-3-8(4-6-9)13(14,15)16/h3-7H,17H2,1-2H3,(H2,18,19,20,21). The van der Waals surface area contributed by atoms with E-state index in [1.54, 1.807) is 19.1 Å². The lowest BCUT2D eigenvalue weighted by Gasteiger charge is -2.16. The summed E-state index contributed by atoms with van der Waals surface area (Å²) in [6.45, 7) is 0. The molecule has 0 spiro atoms. The van der Waals surface area contributed by atoms with E-state index in [4.69, 9.17) is 5.73 Å². The molecule has 0 aliphatic rings. The van der Waals surface area contributed by atoms with E-state index in [2.05, 4.69) is 20.7 Å². The Morgan fingerprint density at radius 2 is 1.64 bits per heavy atom. The van der Waals surface area contributed by atoms with Crippen molar-refractivity contribution >= 4 is 23.0 Å². The molecule has 6 nitrogen and oxygen atoms in total. The fraction of sp³-hybridized carbons (Fsp3) is 0.231. The van der Waals surface area contributed by atoms with Gasteiger partial charge < -0.3 is 16.5 Å². The number of hydrazine groups is 1. The molecule has 0 saturated heterocycles. The molecule has 0 aliphatic carbocycles. The first-order valence-corrected chi connectivity index (χ1v) is 6.26. The SMILES string of the molecule is CN(C)Nc1ncnc(Nc2ccc(C(F)(F)F)cc2)c1N. The molecule has 1 aromatic heterocycles. The Bertz CT molecular complexity index is 639. The van der Waals surface area contributed by atoms with Crippen LogP contribution in [0, 0.1) is 0 Å². The largest absolute Gasteiger partial charge is 0.416 e. The van der Waals surface area contributed by atoms with Crippen LogP contribution >= 0.6 is 0 Å². The molecule has 22 heavy (non-hydrogen) atoms. The van der Waals surface area contributed by atoms with E-state index in [1.165, 1.54) is 18.5 Å². The zero-order chi connectivity index (χ0) is 16.3. The first-order chi connectivity index (χ1) is 10.3. The molecule has 0 unspecified atom stereocenters. The highest BCUT2D eigenvalue weighted by Crippen LogP contribution is 2.31. The van der Waals surface area contributed by atoms with Crippen LogP contribution in [-0.2, 0) is 6.18 Å². The molecule has 0 radical (unpaired) electrons. The van der Waals surface area contributed by atoms with Crippen LogP contribution in [0.1, 0.15) is 5.56 Å². The van der Waals surface area contributed by atoms with Gasteiger partial charge in [-0.2, -0.15) is 13.2 Å². The van der Waals surface area contributed by atoms with E-state index >= 15 is 0 Å². The van der Waals surface area contributed by atoms with Crippen LogP contribution in [0.3, 0.4) is 0 Å². The number of hydrogen-bond acceptors (Lipinski definition) is 6. The molecule has 0 bridgehead atoms. The van der Waals surface area contributed by atoms with E-state index in [9.17, 15) is 13.2 Å². The van der Waals surface area contributed by atoms with Crippen molar-refractivity contribution in [1.82, 2.24) is 15.0 Å². The van der Waals surface area contributed by atoms with Crippen LogP contribution < -0.4 is 16.5 Å². The Balaban J connectivity index is 2.20. The Labute approximate surface area is 125 Å². The molecule has 1 aromatic carbocycles. The molecule has 118 valence electrons. The second kappa shape index (κ2) is 6.06. The molecule has 1 heterocycles. The van der Waals surface area contributed by atoms with Gasteiger partial charge in [-0.3, -0.25) is 0 Å². The number of halogens is 3. The van der Waals surface area contributed by atoms with E-state index in [-0.39, 0.29) is 5.69 Å². The molecule has 0 amide bonds. The summed E-state index contributed by atoms with van der Waals surface area (Å²) in [5.41, 5.74) is 8.80. The van der Waals surface area contributed by atoms with Gasteiger partial charge in [0.15, 0.2) is 11.6 Å². The quantitative estimate of drug-likeness (QED) is 0.753. The minimum atomic E-state index is -4.37. The minimum Gasteiger partial charge on any atom is -0.393 e. The normalized spacial score (nSPS) is 11.5. The number of alkyl halides is 3. The smallest absolute Gasteiger partial charge is 0.393 e. The lowest BCUT2D eigenvalue weighted by molar-refractivity contribution is -0.137. The number of aromatic nitrogens is 2. The van der Waals surface area contributed by atoms with Crippen molar-refractivity contribution in [2.45, 2.75) is 6.18 Å². The lowest BCUT2D eigenvalue weighted by atomic mass is 10.2. The number of nitrogens with two attached hydrogens (primary N) is 1. The van der Waals surface area contributed by atoms with Gasteiger partial charge in [-0.05, 0) is 24.3 Å². The van der Waals surface area contributed by atoms with Gasteiger partial charge in [0, 0.05) is 19.8 Å². The van der Waals surface area contributed by atoms with Crippen LogP contribution in [0.2, 0.25) is 0 Å². The van der Waals surface area contributed by atoms with E-state index < -0.39 is 11.7 Å². The maximum atomic E-state index is 12.5. The average Bonchev–Trinajstić information content (AvgIpc) is 2.42. The van der Waals surface area contributed by atoms with Crippen molar-refractivity contribution in [3.63, 3.8) is 0 Å². The average molecular weight is 312 g/mol. The number of benzene rings is 1. The highest BCUT2D eigenvalue weighted by Gasteiger charge is 2.29. The number of nitrogens with zero attached hydrogens (tertiary/aromatic N) is 3. The molecule has 0 aliphatic heterocycles. The minimum absolute atomic E-state index is 0.260. The van der Waals surface area contributed by atoms with E-state index in [0.717, 1.165) is 12.1 Å². The van der Waals surface area contributed by atoms with Crippen molar-refractivity contribution in [3.8, 4) is 0 Å².